The normalized spacial score (nSPS) is 14.9. The molecule has 0 unspecified atom stereocenters. The van der Waals surface area contributed by atoms with Gasteiger partial charge in [0.2, 0.25) is 0 Å². The molecular weight excluding hydrogens is 388 g/mol. The highest BCUT2D eigenvalue weighted by atomic mass is 16.2. The lowest BCUT2D eigenvalue weighted by Crippen LogP contribution is -2.32. The summed E-state index contributed by atoms with van der Waals surface area (Å²) in [5.74, 6) is 0.419. The molecule has 3 rings (SSSR count). The molecule has 1 aliphatic rings. The first-order valence-corrected chi connectivity index (χ1v) is 11.1. The number of aromatic nitrogens is 1. The van der Waals surface area contributed by atoms with Crippen LogP contribution in [0.1, 0.15) is 47.2 Å². The fourth-order valence-corrected chi connectivity index (χ4v) is 4.08. The molecule has 1 fully saturated rings. The maximum atomic E-state index is 12.9. The second-order valence-electron chi connectivity index (χ2n) is 8.43. The summed E-state index contributed by atoms with van der Waals surface area (Å²) in [7, 11) is 3.72. The summed E-state index contributed by atoms with van der Waals surface area (Å²) in [6.07, 6.45) is 6.63. The molecule has 1 aliphatic heterocycles. The summed E-state index contributed by atoms with van der Waals surface area (Å²) in [6, 6.07) is 11.4. The van der Waals surface area contributed by atoms with Gasteiger partial charge in [0.25, 0.3) is 11.5 Å². The lowest BCUT2D eigenvalue weighted by Gasteiger charge is -2.28. The van der Waals surface area contributed by atoms with Crippen molar-refractivity contribution in [1.29, 1.82) is 0 Å². The van der Waals surface area contributed by atoms with Gasteiger partial charge in [0, 0.05) is 31.0 Å². The van der Waals surface area contributed by atoms with E-state index < -0.39 is 0 Å². The number of piperidine rings is 1. The van der Waals surface area contributed by atoms with Gasteiger partial charge in [-0.25, -0.2) is 0 Å². The zero-order valence-corrected chi connectivity index (χ0v) is 18.7. The van der Waals surface area contributed by atoms with E-state index >= 15 is 0 Å². The summed E-state index contributed by atoms with van der Waals surface area (Å²) < 4.78 is 1.58. The number of nitrogens with one attached hydrogen (secondary N) is 2. The van der Waals surface area contributed by atoms with Crippen LogP contribution in [0.2, 0.25) is 0 Å². The van der Waals surface area contributed by atoms with E-state index in [1.165, 1.54) is 39.4 Å². The van der Waals surface area contributed by atoms with Crippen molar-refractivity contribution in [2.45, 2.75) is 32.2 Å². The van der Waals surface area contributed by atoms with Crippen LogP contribution in [0.5, 0.6) is 0 Å². The van der Waals surface area contributed by atoms with E-state index in [4.69, 9.17) is 0 Å². The van der Waals surface area contributed by atoms with Crippen LogP contribution in [0.25, 0.3) is 5.70 Å². The third kappa shape index (κ3) is 6.31. The van der Waals surface area contributed by atoms with Crippen molar-refractivity contribution in [3.8, 4) is 0 Å². The van der Waals surface area contributed by atoms with E-state index in [9.17, 15) is 9.59 Å². The summed E-state index contributed by atoms with van der Waals surface area (Å²) in [6.45, 7) is 7.77. The van der Waals surface area contributed by atoms with Gasteiger partial charge in [-0.1, -0.05) is 36.9 Å². The fraction of sp³-hybridized carbons (Fsp3) is 0.440. The van der Waals surface area contributed by atoms with Crippen LogP contribution in [0.3, 0.4) is 0 Å². The van der Waals surface area contributed by atoms with Crippen LogP contribution < -0.4 is 16.2 Å². The average molecular weight is 423 g/mol. The first kappa shape index (κ1) is 22.8. The lowest BCUT2D eigenvalue weighted by atomic mass is 9.92. The van der Waals surface area contributed by atoms with Crippen molar-refractivity contribution in [3.63, 3.8) is 0 Å². The van der Waals surface area contributed by atoms with E-state index in [1.807, 2.05) is 30.3 Å². The number of nitrogens with zero attached hydrogens (tertiary/aromatic N) is 2. The highest BCUT2D eigenvalue weighted by Crippen LogP contribution is 2.21. The molecule has 6 nitrogen and oxygen atoms in total. The van der Waals surface area contributed by atoms with E-state index in [1.54, 1.807) is 16.8 Å². The largest absolute Gasteiger partial charge is 0.385 e. The Morgan fingerprint density at radius 3 is 2.58 bits per heavy atom. The number of hydrogen-bond acceptors (Lipinski definition) is 4. The number of pyridine rings is 1. The summed E-state index contributed by atoms with van der Waals surface area (Å²) in [5, 5.41) is 5.96. The zero-order valence-electron chi connectivity index (χ0n) is 18.7. The topological polar surface area (TPSA) is 66.4 Å². The predicted molar refractivity (Wildman–Crippen MR) is 126 cm³/mol. The SMILES string of the molecule is C=C(NCCCC1CCN(C)CC1)c1cc(C(=O)NC)c(=O)n(Cc2ccccc2)c1. The molecule has 0 atom stereocenters. The Balaban J connectivity index is 1.67. The van der Waals surface area contributed by atoms with Crippen LogP contribution in [0, 0.1) is 5.92 Å². The Hall–Kier alpha value is -2.86. The lowest BCUT2D eigenvalue weighted by molar-refractivity contribution is 0.0961. The van der Waals surface area contributed by atoms with Gasteiger partial charge in [0.15, 0.2) is 0 Å². The van der Waals surface area contributed by atoms with E-state index in [-0.39, 0.29) is 17.0 Å². The number of carbonyl (C=O) groups excluding carboxylic acids is 1. The van der Waals surface area contributed by atoms with Gasteiger partial charge in [0.1, 0.15) is 5.56 Å². The van der Waals surface area contributed by atoms with Gasteiger partial charge >= 0.3 is 0 Å². The van der Waals surface area contributed by atoms with E-state index in [0.29, 0.717) is 6.54 Å². The van der Waals surface area contributed by atoms with Crippen LogP contribution in [0.15, 0.2) is 54.0 Å². The van der Waals surface area contributed by atoms with Crippen molar-refractivity contribution in [2.75, 3.05) is 33.7 Å². The second-order valence-corrected chi connectivity index (χ2v) is 8.43. The Labute approximate surface area is 185 Å². The minimum atomic E-state index is -0.385. The highest BCUT2D eigenvalue weighted by molar-refractivity contribution is 5.94. The van der Waals surface area contributed by atoms with Gasteiger partial charge in [-0.15, -0.1) is 0 Å². The molecule has 1 amide bonds. The van der Waals surface area contributed by atoms with Crippen molar-refractivity contribution in [2.24, 2.45) is 5.92 Å². The molecular formula is C25H34N4O2. The fourth-order valence-electron chi connectivity index (χ4n) is 4.08. The molecule has 6 heteroatoms. The molecule has 166 valence electrons. The van der Waals surface area contributed by atoms with E-state index in [0.717, 1.165) is 35.7 Å². The predicted octanol–water partition coefficient (Wildman–Crippen LogP) is 2.94. The number of amides is 1. The van der Waals surface area contributed by atoms with E-state index in [2.05, 4.69) is 29.2 Å². The molecule has 2 heterocycles. The molecule has 0 bridgehead atoms. The molecule has 1 aromatic carbocycles. The second kappa shape index (κ2) is 11.0. The molecule has 1 saturated heterocycles. The maximum Gasteiger partial charge on any atom is 0.263 e. The van der Waals surface area contributed by atoms with Crippen molar-refractivity contribution >= 4 is 11.6 Å². The summed E-state index contributed by atoms with van der Waals surface area (Å²) >= 11 is 0. The third-order valence-electron chi connectivity index (χ3n) is 6.07. The average Bonchev–Trinajstić information content (AvgIpc) is 2.79. The molecule has 2 aromatic rings. The molecule has 0 aliphatic carbocycles. The van der Waals surface area contributed by atoms with Crippen LogP contribution in [-0.4, -0.2) is 49.1 Å². The first-order chi connectivity index (χ1) is 15.0. The quantitative estimate of drug-likeness (QED) is 0.610. The molecule has 31 heavy (non-hydrogen) atoms. The minimum absolute atomic E-state index is 0.130. The molecule has 0 radical (unpaired) electrons. The Kier molecular flexibility index (Phi) is 8.06. The van der Waals surface area contributed by atoms with Crippen molar-refractivity contribution in [3.05, 3.63) is 76.2 Å². The van der Waals surface area contributed by atoms with Gasteiger partial charge < -0.3 is 20.1 Å². The molecule has 0 saturated carbocycles. The number of benzene rings is 1. The zero-order chi connectivity index (χ0) is 22.2. The molecule has 2 N–H and O–H groups in total. The van der Waals surface area contributed by atoms with Gasteiger partial charge in [0.05, 0.1) is 6.54 Å². The smallest absolute Gasteiger partial charge is 0.263 e. The van der Waals surface area contributed by atoms with Crippen molar-refractivity contribution < 1.29 is 4.79 Å². The van der Waals surface area contributed by atoms with Crippen molar-refractivity contribution in [1.82, 2.24) is 20.1 Å². The first-order valence-electron chi connectivity index (χ1n) is 11.1. The van der Waals surface area contributed by atoms with Gasteiger partial charge in [-0.3, -0.25) is 9.59 Å². The Bertz CT molecular complexity index is 944. The monoisotopic (exact) mass is 422 g/mol. The summed E-state index contributed by atoms with van der Waals surface area (Å²) in [5.41, 5.74) is 2.32. The summed E-state index contributed by atoms with van der Waals surface area (Å²) in [4.78, 5) is 27.5. The molecule has 0 spiro atoms. The van der Waals surface area contributed by atoms with Crippen LogP contribution in [0.4, 0.5) is 0 Å². The standard InChI is InChI=1S/C25H34N4O2/c1-19(27-13-7-10-20-11-14-28(3)15-12-20)22-16-23(24(30)26-2)25(31)29(18-22)17-21-8-5-4-6-9-21/h4-6,8-9,16,18,20,27H,1,7,10-15,17H2,2-3H3,(H,26,30). The highest BCUT2D eigenvalue weighted by Gasteiger charge is 2.17. The van der Waals surface area contributed by atoms with Crippen LogP contribution in [-0.2, 0) is 6.54 Å². The number of carbonyl (C=O) groups is 1. The number of hydrogen-bond donors (Lipinski definition) is 2. The van der Waals surface area contributed by atoms with Gasteiger partial charge in [-0.2, -0.15) is 0 Å². The molecule has 1 aromatic heterocycles. The maximum absolute atomic E-state index is 12.9. The number of rotatable bonds is 9. The van der Waals surface area contributed by atoms with Gasteiger partial charge in [-0.05, 0) is 63.4 Å². The van der Waals surface area contributed by atoms with Crippen LogP contribution >= 0.6 is 0 Å². The Morgan fingerprint density at radius 2 is 1.90 bits per heavy atom. The number of likely N-dealkylation sites (tertiary alicyclic amines) is 1. The third-order valence-corrected chi connectivity index (χ3v) is 6.07. The minimum Gasteiger partial charge on any atom is -0.385 e. The Morgan fingerprint density at radius 1 is 1.19 bits per heavy atom.